The number of allylic oxidation sites excluding steroid dienone is 1. The van der Waals surface area contributed by atoms with Crippen LogP contribution in [0.2, 0.25) is 0 Å². The Morgan fingerprint density at radius 2 is 2.12 bits per heavy atom. The molecule has 0 aromatic heterocycles. The molecule has 3 aliphatic rings. The molecule has 1 aromatic carbocycles. The fourth-order valence-electron chi connectivity index (χ4n) is 2.18. The quantitative estimate of drug-likeness (QED) is 0.749. The number of benzene rings is 1. The molecule has 1 atom stereocenters. The Labute approximate surface area is 94.3 Å². The van der Waals surface area contributed by atoms with Crippen molar-refractivity contribution >= 4 is 5.78 Å². The summed E-state index contributed by atoms with van der Waals surface area (Å²) in [7, 11) is 0. The summed E-state index contributed by atoms with van der Waals surface area (Å²) in [4.78, 5) is 13.6. The average molecular weight is 215 g/mol. The second kappa shape index (κ2) is 3.67. The first kappa shape index (κ1) is 9.46. The molecule has 0 spiro atoms. The minimum atomic E-state index is 0.0289. The van der Waals surface area contributed by atoms with Crippen LogP contribution in [0.5, 0.6) is 0 Å². The van der Waals surface area contributed by atoms with Gasteiger partial charge in [-0.15, -0.1) is 0 Å². The summed E-state index contributed by atoms with van der Waals surface area (Å²) in [6.07, 6.45) is 1.63. The zero-order chi connectivity index (χ0) is 11.0. The first-order valence-corrected chi connectivity index (χ1v) is 5.50. The fourth-order valence-corrected chi connectivity index (χ4v) is 2.18. The van der Waals surface area contributed by atoms with Crippen molar-refractivity contribution in [2.24, 2.45) is 5.92 Å². The smallest absolute Gasteiger partial charge is 0.193 e. The molecular weight excluding hydrogens is 202 g/mol. The fraction of sp³-hybridized carbons (Fsp3) is 0.308. The number of rotatable bonds is 2. The lowest BCUT2D eigenvalue weighted by Gasteiger charge is -2.38. The van der Waals surface area contributed by atoms with Gasteiger partial charge in [0, 0.05) is 19.2 Å². The monoisotopic (exact) mass is 215 g/mol. The van der Waals surface area contributed by atoms with E-state index >= 15 is 0 Å². The Kier molecular flexibility index (Phi) is 2.17. The molecule has 0 saturated carbocycles. The van der Waals surface area contributed by atoms with Crippen molar-refractivity contribution in [3.63, 3.8) is 0 Å². The van der Waals surface area contributed by atoms with Gasteiger partial charge in [-0.1, -0.05) is 30.3 Å². The second-order valence-electron chi connectivity index (χ2n) is 4.26. The van der Waals surface area contributed by atoms with Crippen LogP contribution < -0.4 is 0 Å². The molecule has 16 heavy (non-hydrogen) atoms. The Bertz CT molecular complexity index is 439. The zero-order valence-corrected chi connectivity index (χ0v) is 8.93. The number of carbonyl (C=O) groups excluding carboxylic acids is 1. The van der Waals surface area contributed by atoms with Gasteiger partial charge in [-0.3, -0.25) is 4.79 Å². The lowest BCUT2D eigenvalue weighted by molar-refractivity contribution is -0.127. The highest BCUT2D eigenvalue weighted by Crippen LogP contribution is 2.26. The highest BCUT2D eigenvalue weighted by Gasteiger charge is 2.34. The van der Waals surface area contributed by atoms with Crippen LogP contribution in [0.25, 0.3) is 0 Å². The van der Waals surface area contributed by atoms with Crippen molar-refractivity contribution in [3.05, 3.63) is 47.9 Å². The third kappa shape index (κ3) is 1.58. The van der Waals surface area contributed by atoms with E-state index in [2.05, 4.69) is 17.0 Å². The van der Waals surface area contributed by atoms with Crippen molar-refractivity contribution in [1.29, 1.82) is 0 Å². The Morgan fingerprint density at radius 3 is 2.75 bits per heavy atom. The Morgan fingerprint density at radius 1 is 1.31 bits per heavy atom. The Hall–Kier alpha value is -1.77. The minimum absolute atomic E-state index is 0.0289. The van der Waals surface area contributed by atoms with Crippen LogP contribution in [0, 0.1) is 5.92 Å². The summed E-state index contributed by atoms with van der Waals surface area (Å²) in [6.45, 7) is 2.16. The maximum atomic E-state index is 11.5. The van der Waals surface area contributed by atoms with Crippen LogP contribution >= 0.6 is 0 Å². The van der Waals surface area contributed by atoms with E-state index in [1.54, 1.807) is 6.08 Å². The lowest BCUT2D eigenvalue weighted by atomic mass is 9.98. The Balaban J connectivity index is 1.79. The molecule has 82 valence electrons. The van der Waals surface area contributed by atoms with Gasteiger partial charge in [0.25, 0.3) is 0 Å². The van der Waals surface area contributed by atoms with E-state index < -0.39 is 0 Å². The minimum Gasteiger partial charge on any atom is -0.478 e. The number of nitrogens with zero attached hydrogens (tertiary/aromatic N) is 1. The predicted octanol–water partition coefficient (Wildman–Crippen LogP) is 1.56. The van der Waals surface area contributed by atoms with Gasteiger partial charge in [-0.05, 0) is 5.56 Å². The molecule has 1 fully saturated rings. The van der Waals surface area contributed by atoms with E-state index in [4.69, 9.17) is 4.74 Å². The summed E-state index contributed by atoms with van der Waals surface area (Å²) in [5.41, 5.74) is 1.24. The van der Waals surface area contributed by atoms with Crippen LogP contribution in [0.1, 0.15) is 5.56 Å². The highest BCUT2D eigenvalue weighted by molar-refractivity contribution is 5.93. The van der Waals surface area contributed by atoms with Crippen LogP contribution in [-0.4, -0.2) is 23.8 Å². The van der Waals surface area contributed by atoms with Gasteiger partial charge in [-0.25, -0.2) is 0 Å². The third-order valence-corrected chi connectivity index (χ3v) is 3.07. The van der Waals surface area contributed by atoms with Gasteiger partial charge in [0.1, 0.15) is 6.61 Å². The molecule has 0 aliphatic carbocycles. The number of carbonyl (C=O) groups is 1. The normalized spacial score (nSPS) is 23.0. The summed E-state index contributed by atoms with van der Waals surface area (Å²) in [5, 5.41) is 0. The van der Waals surface area contributed by atoms with Crippen molar-refractivity contribution in [2.75, 3.05) is 13.2 Å². The first-order chi connectivity index (χ1) is 7.83. The maximum absolute atomic E-state index is 11.5. The number of ketones is 1. The molecule has 0 radical (unpaired) electrons. The van der Waals surface area contributed by atoms with E-state index in [0.29, 0.717) is 6.61 Å². The van der Waals surface area contributed by atoms with Gasteiger partial charge in [0.05, 0.1) is 5.92 Å². The molecule has 3 heterocycles. The molecule has 3 heteroatoms. The molecule has 3 aliphatic heterocycles. The SMILES string of the molecule is O=C1C=C2OCC1CN2Cc1ccccc1. The first-order valence-electron chi connectivity index (χ1n) is 5.50. The van der Waals surface area contributed by atoms with Gasteiger partial charge in [-0.2, -0.15) is 0 Å². The largest absolute Gasteiger partial charge is 0.478 e. The summed E-state index contributed by atoms with van der Waals surface area (Å²) in [6, 6.07) is 10.2. The molecule has 3 nitrogen and oxygen atoms in total. The average Bonchev–Trinajstić information content (AvgIpc) is 2.32. The highest BCUT2D eigenvalue weighted by atomic mass is 16.5. The lowest BCUT2D eigenvalue weighted by Crippen LogP contribution is -2.44. The topological polar surface area (TPSA) is 29.5 Å². The molecule has 0 N–H and O–H groups in total. The number of ether oxygens (including phenoxy) is 1. The van der Waals surface area contributed by atoms with Crippen molar-refractivity contribution in [2.45, 2.75) is 6.54 Å². The number of hydrogen-bond acceptors (Lipinski definition) is 3. The van der Waals surface area contributed by atoms with Crippen LogP contribution in [0.15, 0.2) is 42.3 Å². The summed E-state index contributed by atoms with van der Waals surface area (Å²) in [5.74, 6) is 0.975. The van der Waals surface area contributed by atoms with E-state index in [9.17, 15) is 4.79 Å². The van der Waals surface area contributed by atoms with Crippen molar-refractivity contribution in [3.8, 4) is 0 Å². The zero-order valence-electron chi connectivity index (χ0n) is 8.93. The van der Waals surface area contributed by atoms with Crippen LogP contribution in [-0.2, 0) is 16.1 Å². The van der Waals surface area contributed by atoms with Crippen molar-refractivity contribution < 1.29 is 9.53 Å². The molecule has 4 rings (SSSR count). The van der Waals surface area contributed by atoms with Crippen LogP contribution in [0.3, 0.4) is 0 Å². The van der Waals surface area contributed by atoms with Gasteiger partial charge in [0.15, 0.2) is 11.7 Å². The van der Waals surface area contributed by atoms with E-state index in [0.717, 1.165) is 19.0 Å². The van der Waals surface area contributed by atoms with E-state index in [1.807, 2.05) is 18.2 Å². The number of fused-ring (bicyclic) bond motifs is 3. The molecule has 2 bridgehead atoms. The maximum Gasteiger partial charge on any atom is 0.193 e. The molecule has 1 unspecified atom stereocenters. The molecular formula is C13H13NO2. The predicted molar refractivity (Wildman–Crippen MR) is 59.4 cm³/mol. The van der Waals surface area contributed by atoms with Crippen molar-refractivity contribution in [1.82, 2.24) is 4.90 Å². The van der Waals surface area contributed by atoms with Gasteiger partial charge >= 0.3 is 0 Å². The number of hydrogen-bond donors (Lipinski definition) is 0. The van der Waals surface area contributed by atoms with E-state index in [1.165, 1.54) is 5.56 Å². The van der Waals surface area contributed by atoms with Gasteiger partial charge < -0.3 is 9.64 Å². The molecule has 1 aromatic rings. The molecule has 0 amide bonds. The molecule has 1 saturated heterocycles. The van der Waals surface area contributed by atoms with Gasteiger partial charge in [0.2, 0.25) is 0 Å². The standard InChI is InChI=1S/C13H13NO2/c15-12-6-13-14(8-11(12)9-16-13)7-10-4-2-1-3-5-10/h1-6,11H,7-9H2. The van der Waals surface area contributed by atoms with Crippen LogP contribution in [0.4, 0.5) is 0 Å². The summed E-state index contributed by atoms with van der Waals surface area (Å²) >= 11 is 0. The van der Waals surface area contributed by atoms with E-state index in [-0.39, 0.29) is 11.7 Å². The summed E-state index contributed by atoms with van der Waals surface area (Å²) < 4.78 is 5.50. The third-order valence-electron chi connectivity index (χ3n) is 3.07. The second-order valence-corrected chi connectivity index (χ2v) is 4.26.